The highest BCUT2D eigenvalue weighted by atomic mass is 35.5. The van der Waals surface area contributed by atoms with Gasteiger partial charge < -0.3 is 5.11 Å². The van der Waals surface area contributed by atoms with E-state index in [1.54, 1.807) is 0 Å². The molecule has 0 amide bonds. The quantitative estimate of drug-likeness (QED) is 0.714. The van der Waals surface area contributed by atoms with Crippen LogP contribution >= 0.6 is 11.6 Å². The summed E-state index contributed by atoms with van der Waals surface area (Å²) in [6.45, 7) is 0. The minimum absolute atomic E-state index is 0.00630. The van der Waals surface area contributed by atoms with Crippen LogP contribution in [0.2, 0.25) is 5.28 Å². The van der Waals surface area contributed by atoms with Crippen molar-refractivity contribution in [3.63, 3.8) is 0 Å². The lowest BCUT2D eigenvalue weighted by molar-refractivity contribution is 0.195. The number of nitrogens with zero attached hydrogens (tertiary/aromatic N) is 2. The smallest absolute Gasteiger partial charge is 0.421 e. The molecule has 1 N–H and O–H groups in total. The third kappa shape index (κ3) is 1.53. The number of fused-ring (bicyclic) bond motifs is 1. The average molecular weight is 243 g/mol. The van der Waals surface area contributed by atoms with Crippen molar-refractivity contribution in [2.75, 3.05) is 0 Å². The molecule has 0 atom stereocenters. The Morgan fingerprint density at radius 2 is 2.19 bits per heavy atom. The van der Waals surface area contributed by atoms with Gasteiger partial charge in [0.05, 0.1) is 10.9 Å². The molecule has 0 saturated carbocycles. The molecule has 82 valence electrons. The van der Waals surface area contributed by atoms with Crippen LogP contribution in [-0.2, 0) is 0 Å². The molecule has 1 heterocycles. The Kier molecular flexibility index (Phi) is 2.35. The lowest BCUT2D eigenvalue weighted by Crippen LogP contribution is -2.27. The lowest BCUT2D eigenvalue weighted by Gasteiger charge is -2.03. The maximum absolute atomic E-state index is 12.9. The summed E-state index contributed by atoms with van der Waals surface area (Å²) in [6.07, 6.45) is -1.53. The van der Waals surface area contributed by atoms with Gasteiger partial charge in [0.2, 0.25) is 5.28 Å². The summed E-state index contributed by atoms with van der Waals surface area (Å²) >= 11 is 5.50. The highest BCUT2D eigenvalue weighted by Gasteiger charge is 2.14. The monoisotopic (exact) mass is 242 g/mol. The van der Waals surface area contributed by atoms with E-state index in [0.29, 0.717) is 4.57 Å². The van der Waals surface area contributed by atoms with E-state index in [4.69, 9.17) is 16.7 Å². The molecule has 16 heavy (non-hydrogen) atoms. The molecule has 0 radical (unpaired) electrons. The van der Waals surface area contributed by atoms with Gasteiger partial charge in [-0.15, -0.1) is 0 Å². The van der Waals surface area contributed by atoms with Crippen LogP contribution in [0.25, 0.3) is 10.9 Å². The topological polar surface area (TPSA) is 72.2 Å². The van der Waals surface area contributed by atoms with Crippen LogP contribution in [0.3, 0.4) is 0 Å². The van der Waals surface area contributed by atoms with Gasteiger partial charge in [0.25, 0.3) is 5.56 Å². The predicted octanol–water partition coefficient (Wildman–Crippen LogP) is 1.72. The molecule has 0 unspecified atom stereocenters. The molecule has 0 saturated heterocycles. The number of carboxylic acid groups (broad SMARTS) is 1. The van der Waals surface area contributed by atoms with E-state index in [9.17, 15) is 14.0 Å². The third-order valence-electron chi connectivity index (χ3n) is 1.98. The summed E-state index contributed by atoms with van der Waals surface area (Å²) in [6, 6.07) is 3.22. The number of aromatic nitrogens is 2. The van der Waals surface area contributed by atoms with E-state index in [0.717, 1.165) is 18.2 Å². The maximum atomic E-state index is 12.9. The summed E-state index contributed by atoms with van der Waals surface area (Å²) in [5.41, 5.74) is -0.824. The molecule has 5 nitrogen and oxygen atoms in total. The Morgan fingerprint density at radius 3 is 2.81 bits per heavy atom. The zero-order valence-electron chi connectivity index (χ0n) is 7.65. The fourth-order valence-corrected chi connectivity index (χ4v) is 1.54. The second-order valence-electron chi connectivity index (χ2n) is 2.97. The summed E-state index contributed by atoms with van der Waals surface area (Å²) in [4.78, 5) is 26.0. The average Bonchev–Trinajstić information content (AvgIpc) is 2.15. The normalized spacial score (nSPS) is 10.6. The molecule has 1 aromatic heterocycles. The van der Waals surface area contributed by atoms with Crippen LogP contribution in [0.5, 0.6) is 0 Å². The first-order valence-corrected chi connectivity index (χ1v) is 4.49. The molecule has 0 aliphatic heterocycles. The van der Waals surface area contributed by atoms with E-state index in [1.807, 2.05) is 0 Å². The van der Waals surface area contributed by atoms with Crippen molar-refractivity contribution in [1.29, 1.82) is 0 Å². The van der Waals surface area contributed by atoms with E-state index >= 15 is 0 Å². The van der Waals surface area contributed by atoms with Crippen LogP contribution in [0.1, 0.15) is 0 Å². The largest absolute Gasteiger partial charge is 0.464 e. The van der Waals surface area contributed by atoms with E-state index in [1.165, 1.54) is 0 Å². The van der Waals surface area contributed by atoms with Gasteiger partial charge in [-0.25, -0.2) is 14.2 Å². The number of halogens is 2. The summed E-state index contributed by atoms with van der Waals surface area (Å²) < 4.78 is 13.1. The number of benzene rings is 1. The Morgan fingerprint density at radius 1 is 1.50 bits per heavy atom. The Balaban J connectivity index is 2.95. The van der Waals surface area contributed by atoms with Crippen molar-refractivity contribution in [2.24, 2.45) is 0 Å². The van der Waals surface area contributed by atoms with Crippen LogP contribution in [0, 0.1) is 5.82 Å². The van der Waals surface area contributed by atoms with Crippen molar-refractivity contribution in [3.05, 3.63) is 39.7 Å². The summed E-state index contributed by atoms with van der Waals surface area (Å²) in [7, 11) is 0. The van der Waals surface area contributed by atoms with Crippen molar-refractivity contribution >= 4 is 28.6 Å². The molecule has 0 spiro atoms. The molecule has 2 aromatic rings. The predicted molar refractivity (Wildman–Crippen MR) is 54.4 cm³/mol. The van der Waals surface area contributed by atoms with E-state index in [2.05, 4.69) is 4.98 Å². The molecule has 0 bridgehead atoms. The van der Waals surface area contributed by atoms with Gasteiger partial charge in [0.1, 0.15) is 5.82 Å². The van der Waals surface area contributed by atoms with Gasteiger partial charge in [-0.2, -0.15) is 4.57 Å². The van der Waals surface area contributed by atoms with Gasteiger partial charge in [0.15, 0.2) is 0 Å². The molecule has 1 aromatic carbocycles. The highest BCUT2D eigenvalue weighted by molar-refractivity contribution is 6.29. The van der Waals surface area contributed by atoms with Crippen LogP contribution in [0.15, 0.2) is 23.0 Å². The molecule has 0 aliphatic carbocycles. The molecule has 2 rings (SSSR count). The van der Waals surface area contributed by atoms with Crippen molar-refractivity contribution in [3.8, 4) is 0 Å². The number of carbonyl (C=O) groups is 1. The molecule has 0 aliphatic rings. The van der Waals surface area contributed by atoms with Crippen LogP contribution in [-0.4, -0.2) is 20.8 Å². The second-order valence-corrected chi connectivity index (χ2v) is 3.30. The van der Waals surface area contributed by atoms with Crippen LogP contribution in [0.4, 0.5) is 9.18 Å². The first kappa shape index (κ1) is 10.6. The first-order valence-electron chi connectivity index (χ1n) is 4.12. The SMILES string of the molecule is O=C(O)n1c(Cl)nc2cc(F)ccc2c1=O. The second kappa shape index (κ2) is 3.57. The Hall–Kier alpha value is -1.95. The van der Waals surface area contributed by atoms with Crippen molar-refractivity contribution in [2.45, 2.75) is 0 Å². The van der Waals surface area contributed by atoms with Gasteiger partial charge in [0, 0.05) is 6.07 Å². The highest BCUT2D eigenvalue weighted by Crippen LogP contribution is 2.12. The van der Waals surface area contributed by atoms with E-state index in [-0.39, 0.29) is 10.9 Å². The minimum Gasteiger partial charge on any atom is -0.464 e. The fraction of sp³-hybridized carbons (Fsp3) is 0. The number of rotatable bonds is 0. The first-order chi connectivity index (χ1) is 7.50. The fourth-order valence-electron chi connectivity index (χ4n) is 1.30. The van der Waals surface area contributed by atoms with Gasteiger partial charge in [-0.3, -0.25) is 4.79 Å². The van der Waals surface area contributed by atoms with Crippen molar-refractivity contribution < 1.29 is 14.3 Å². The lowest BCUT2D eigenvalue weighted by atomic mass is 10.2. The summed E-state index contributed by atoms with van der Waals surface area (Å²) in [5.74, 6) is -0.580. The minimum atomic E-state index is -1.53. The van der Waals surface area contributed by atoms with Crippen LogP contribution < -0.4 is 5.56 Å². The standard InChI is InChI=1S/C9H4ClFN2O3/c10-8-12-6-3-4(11)1-2-5(6)7(14)13(8)9(15)16/h1-3H,(H,15,16). The molecular weight excluding hydrogens is 239 g/mol. The van der Waals surface area contributed by atoms with Gasteiger partial charge in [-0.1, -0.05) is 0 Å². The number of hydrogen-bond donors (Lipinski definition) is 1. The molecular formula is C9H4ClFN2O3. The van der Waals surface area contributed by atoms with Gasteiger partial charge >= 0.3 is 6.09 Å². The number of hydrogen-bond acceptors (Lipinski definition) is 3. The zero-order chi connectivity index (χ0) is 11.9. The maximum Gasteiger partial charge on any atom is 0.421 e. The third-order valence-corrected chi connectivity index (χ3v) is 2.24. The van der Waals surface area contributed by atoms with E-state index < -0.39 is 22.8 Å². The van der Waals surface area contributed by atoms with Crippen molar-refractivity contribution in [1.82, 2.24) is 9.55 Å². The Bertz CT molecular complexity index is 653. The molecule has 7 heteroatoms. The van der Waals surface area contributed by atoms with Gasteiger partial charge in [-0.05, 0) is 23.7 Å². The Labute approximate surface area is 92.7 Å². The zero-order valence-corrected chi connectivity index (χ0v) is 8.40. The summed E-state index contributed by atoms with van der Waals surface area (Å²) in [5, 5.41) is 8.20. The molecule has 0 fully saturated rings.